The summed E-state index contributed by atoms with van der Waals surface area (Å²) in [5.74, 6) is 0. The monoisotopic (exact) mass is 708 g/mol. The van der Waals surface area contributed by atoms with Crippen molar-refractivity contribution < 1.29 is 0 Å². The fourth-order valence-electron chi connectivity index (χ4n) is 11.8. The van der Waals surface area contributed by atoms with Gasteiger partial charge in [0.1, 0.15) is 0 Å². The van der Waals surface area contributed by atoms with Crippen molar-refractivity contribution in [1.29, 1.82) is 0 Å². The van der Waals surface area contributed by atoms with Gasteiger partial charge in [0.05, 0.1) is 5.54 Å². The highest BCUT2D eigenvalue weighted by Crippen LogP contribution is 2.63. The third kappa shape index (κ3) is 4.14. The molecule has 2 atom stereocenters. The van der Waals surface area contributed by atoms with Gasteiger partial charge in [0.2, 0.25) is 0 Å². The van der Waals surface area contributed by atoms with E-state index >= 15 is 0 Å². The number of benzene rings is 5. The Kier molecular flexibility index (Phi) is 6.69. The molecule has 5 aliphatic rings. The summed E-state index contributed by atoms with van der Waals surface area (Å²) in [6, 6.07) is 31.9. The minimum Gasteiger partial charge on any atom is -0.335 e. The largest absolute Gasteiger partial charge is 0.335 e. The average molecular weight is 709 g/mol. The first-order chi connectivity index (χ1) is 25.4. The lowest BCUT2D eigenvalue weighted by molar-refractivity contribution is 0.195. The van der Waals surface area contributed by atoms with Crippen LogP contribution >= 0.6 is 0 Å². The molecule has 5 aromatic rings. The molecule has 1 saturated carbocycles. The van der Waals surface area contributed by atoms with Crippen molar-refractivity contribution >= 4 is 51.5 Å². The summed E-state index contributed by atoms with van der Waals surface area (Å²) >= 11 is 0. The van der Waals surface area contributed by atoms with Crippen molar-refractivity contribution in [1.82, 2.24) is 0 Å². The van der Waals surface area contributed by atoms with E-state index < -0.39 is 0 Å². The molecule has 54 heavy (non-hydrogen) atoms. The van der Waals surface area contributed by atoms with Crippen molar-refractivity contribution in [2.24, 2.45) is 0 Å². The Morgan fingerprint density at radius 1 is 0.611 bits per heavy atom. The quantitative estimate of drug-likeness (QED) is 0.157. The van der Waals surface area contributed by atoms with Gasteiger partial charge in [-0.05, 0) is 124 Å². The number of hydrogen-bond acceptors (Lipinski definition) is 2. The topological polar surface area (TPSA) is 6.48 Å². The van der Waals surface area contributed by atoms with E-state index in [2.05, 4.69) is 172 Å². The van der Waals surface area contributed by atoms with E-state index in [4.69, 9.17) is 0 Å². The number of nitrogens with zero attached hydrogens (tertiary/aromatic N) is 2. The van der Waals surface area contributed by atoms with Crippen LogP contribution in [0, 0.1) is 13.8 Å². The first-order valence-electron chi connectivity index (χ1n) is 20.7. The van der Waals surface area contributed by atoms with Crippen molar-refractivity contribution in [2.45, 2.75) is 136 Å². The number of anilines is 5. The summed E-state index contributed by atoms with van der Waals surface area (Å²) < 4.78 is 0. The molecular weight excluding hydrogens is 651 g/mol. The summed E-state index contributed by atoms with van der Waals surface area (Å²) in [7, 11) is 0. The molecule has 0 bridgehead atoms. The van der Waals surface area contributed by atoms with Gasteiger partial charge in [-0.15, -0.1) is 0 Å². The average Bonchev–Trinajstić information content (AvgIpc) is 3.47. The smallest absolute Gasteiger partial charge is 0.252 e. The standard InChI is InChI=1S/C51H57BN2/c1-30-25-41-44-42(26-30)54-45-37(50(11)23-15-16-24-51(50,54)12)28-33(48(6,7)8)29-39(45)52(44)38-21-20-36-43(34-17-13-14-18-35(34)49(36,9)10)46(38)53(41)40-22-19-32(27-31(40)2)47(3,4)5/h13-14,17-22,25-29H,15-16,23-24H2,1-12H3. The predicted octanol–water partition coefficient (Wildman–Crippen LogP) is 11.6. The fraction of sp³-hybridized carbons (Fsp3) is 0.412. The van der Waals surface area contributed by atoms with Gasteiger partial charge in [-0.3, -0.25) is 0 Å². The molecule has 2 aliphatic carbocycles. The van der Waals surface area contributed by atoms with E-state index in [1.54, 1.807) is 5.56 Å². The molecule has 3 heterocycles. The second kappa shape index (κ2) is 10.5. The number of hydrogen-bond donors (Lipinski definition) is 0. The summed E-state index contributed by atoms with van der Waals surface area (Å²) in [4.78, 5) is 5.60. The van der Waals surface area contributed by atoms with Crippen LogP contribution in [0.5, 0.6) is 0 Å². The molecule has 0 aromatic heterocycles. The van der Waals surface area contributed by atoms with Crippen molar-refractivity contribution in [3.05, 3.63) is 118 Å². The van der Waals surface area contributed by atoms with Crippen molar-refractivity contribution in [2.75, 3.05) is 9.80 Å². The zero-order valence-electron chi connectivity index (χ0n) is 34.8. The fourth-order valence-corrected chi connectivity index (χ4v) is 11.8. The Morgan fingerprint density at radius 2 is 1.31 bits per heavy atom. The molecule has 0 radical (unpaired) electrons. The minimum absolute atomic E-state index is 0.00164. The van der Waals surface area contributed by atoms with Gasteiger partial charge in [0.25, 0.3) is 6.71 Å². The second-order valence-electron chi connectivity index (χ2n) is 20.7. The highest BCUT2D eigenvalue weighted by molar-refractivity contribution is 7.00. The first kappa shape index (κ1) is 34.3. The maximum atomic E-state index is 2.89. The van der Waals surface area contributed by atoms with Crippen LogP contribution < -0.4 is 26.2 Å². The van der Waals surface area contributed by atoms with Gasteiger partial charge in [0, 0.05) is 44.8 Å². The molecule has 0 amide bonds. The van der Waals surface area contributed by atoms with Gasteiger partial charge in [-0.25, -0.2) is 0 Å². The first-order valence-corrected chi connectivity index (χ1v) is 20.7. The van der Waals surface area contributed by atoms with Crippen LogP contribution in [0.1, 0.15) is 134 Å². The van der Waals surface area contributed by atoms with E-state index in [0.717, 1.165) is 0 Å². The second-order valence-corrected chi connectivity index (χ2v) is 20.7. The van der Waals surface area contributed by atoms with Crippen LogP contribution in [0.3, 0.4) is 0 Å². The Hall–Kier alpha value is -4.24. The van der Waals surface area contributed by atoms with E-state index in [-0.39, 0.29) is 33.9 Å². The molecule has 0 N–H and O–H groups in total. The van der Waals surface area contributed by atoms with Crippen LogP contribution in [0.15, 0.2) is 78.9 Å². The SMILES string of the molecule is Cc1cc2c3c(c1)N1c4c(cc(C(C)(C)C)cc4C4(C)CCCCC14C)B3c1ccc3c(c1N2c1ccc(C(C)(C)C)cc1C)-c1ccccc1C3(C)C. The molecule has 1 fully saturated rings. The van der Waals surface area contributed by atoms with E-state index in [0.29, 0.717) is 0 Å². The van der Waals surface area contributed by atoms with Gasteiger partial charge < -0.3 is 9.80 Å². The van der Waals surface area contributed by atoms with Crippen LogP contribution in [-0.4, -0.2) is 12.3 Å². The van der Waals surface area contributed by atoms with Crippen LogP contribution in [0.25, 0.3) is 11.1 Å². The number of aryl methyl sites for hydroxylation is 2. The van der Waals surface area contributed by atoms with Gasteiger partial charge in [-0.1, -0.05) is 136 Å². The summed E-state index contributed by atoms with van der Waals surface area (Å²) in [5.41, 5.74) is 24.3. The lowest BCUT2D eigenvalue weighted by Crippen LogP contribution is -2.64. The molecule has 274 valence electrons. The summed E-state index contributed by atoms with van der Waals surface area (Å²) in [6.45, 7) is 29.1. The summed E-state index contributed by atoms with van der Waals surface area (Å²) in [5, 5.41) is 0. The Bertz CT molecular complexity index is 2470. The van der Waals surface area contributed by atoms with Gasteiger partial charge in [0.15, 0.2) is 0 Å². The van der Waals surface area contributed by atoms with Crippen molar-refractivity contribution in [3.8, 4) is 11.1 Å². The highest BCUT2D eigenvalue weighted by Gasteiger charge is 2.62. The summed E-state index contributed by atoms with van der Waals surface area (Å²) in [6.07, 6.45) is 5.03. The third-order valence-electron chi connectivity index (χ3n) is 15.0. The molecule has 10 rings (SSSR count). The zero-order chi connectivity index (χ0) is 38.1. The zero-order valence-corrected chi connectivity index (χ0v) is 34.8. The Labute approximate surface area is 325 Å². The molecule has 0 spiro atoms. The molecule has 3 heteroatoms. The molecule has 5 aromatic carbocycles. The lowest BCUT2D eigenvalue weighted by Gasteiger charge is -2.53. The van der Waals surface area contributed by atoms with Crippen LogP contribution in [-0.2, 0) is 21.7 Å². The Balaban J connectivity index is 1.38. The number of fused-ring (bicyclic) bond motifs is 11. The van der Waals surface area contributed by atoms with E-state index in [1.165, 1.54) is 115 Å². The predicted molar refractivity (Wildman–Crippen MR) is 233 cm³/mol. The molecule has 3 aliphatic heterocycles. The van der Waals surface area contributed by atoms with Gasteiger partial charge >= 0.3 is 0 Å². The molecule has 0 saturated heterocycles. The van der Waals surface area contributed by atoms with E-state index in [1.807, 2.05) is 0 Å². The maximum absolute atomic E-state index is 2.89. The van der Waals surface area contributed by atoms with Gasteiger partial charge in [-0.2, -0.15) is 0 Å². The van der Waals surface area contributed by atoms with E-state index in [9.17, 15) is 0 Å². The minimum atomic E-state index is -0.0918. The third-order valence-corrected chi connectivity index (χ3v) is 15.0. The highest BCUT2D eigenvalue weighted by atomic mass is 15.3. The van der Waals surface area contributed by atoms with Crippen LogP contribution in [0.4, 0.5) is 28.4 Å². The molecule has 2 nitrogen and oxygen atoms in total. The van der Waals surface area contributed by atoms with Crippen LogP contribution in [0.2, 0.25) is 0 Å². The van der Waals surface area contributed by atoms with Crippen molar-refractivity contribution in [3.63, 3.8) is 0 Å². The molecule has 2 unspecified atom stereocenters. The normalized spacial score (nSPS) is 22.7. The number of rotatable bonds is 1. The Morgan fingerprint density at radius 3 is 2.04 bits per heavy atom. The maximum Gasteiger partial charge on any atom is 0.252 e. The molecular formula is C51H57BN2. The lowest BCUT2D eigenvalue weighted by atomic mass is 9.33.